The highest BCUT2D eigenvalue weighted by molar-refractivity contribution is 9.10. The van der Waals surface area contributed by atoms with Crippen LogP contribution in [0.1, 0.15) is 26.3 Å². The molecule has 0 aliphatic rings. The molecule has 0 radical (unpaired) electrons. The number of rotatable bonds is 5. The fourth-order valence-corrected chi connectivity index (χ4v) is 2.20. The summed E-state index contributed by atoms with van der Waals surface area (Å²) in [5, 5.41) is 3.02. The van der Waals surface area contributed by atoms with Crippen LogP contribution < -0.4 is 16.6 Å². The zero-order valence-corrected chi connectivity index (χ0v) is 13.0. The molecule has 0 unspecified atom stereocenters. The lowest BCUT2D eigenvalue weighted by Crippen LogP contribution is -2.25. The van der Waals surface area contributed by atoms with Crippen molar-refractivity contribution < 1.29 is 0 Å². The molecule has 6 heteroatoms. The first kappa shape index (κ1) is 15.5. The van der Waals surface area contributed by atoms with Gasteiger partial charge in [-0.3, -0.25) is 9.36 Å². The quantitative estimate of drug-likeness (QED) is 0.814. The van der Waals surface area contributed by atoms with Crippen molar-refractivity contribution in [2.24, 2.45) is 4.99 Å². The summed E-state index contributed by atoms with van der Waals surface area (Å²) in [6.45, 7) is 10.8. The summed E-state index contributed by atoms with van der Waals surface area (Å²) < 4.78 is 1.98. The standard InChI is InChI=1S/C13H19BrN4O/c1-5-16-9(4)17-8(3)10-7-11(14)13(19)18(6-2)12(10)15/h7,16H,4-6,15H2,1-3H3/b17-8-. The molecule has 1 aromatic heterocycles. The molecule has 19 heavy (non-hydrogen) atoms. The predicted octanol–water partition coefficient (Wildman–Crippen LogP) is 2.10. The first-order valence-corrected chi connectivity index (χ1v) is 6.88. The Bertz CT molecular complexity index is 575. The van der Waals surface area contributed by atoms with E-state index in [1.165, 1.54) is 4.57 Å². The van der Waals surface area contributed by atoms with Crippen molar-refractivity contribution in [3.8, 4) is 0 Å². The normalized spacial score (nSPS) is 11.5. The molecule has 5 nitrogen and oxygen atoms in total. The highest BCUT2D eigenvalue weighted by atomic mass is 79.9. The van der Waals surface area contributed by atoms with E-state index < -0.39 is 0 Å². The Morgan fingerprint density at radius 2 is 2.21 bits per heavy atom. The number of pyridine rings is 1. The Morgan fingerprint density at radius 3 is 2.74 bits per heavy atom. The number of hydrogen-bond donors (Lipinski definition) is 2. The topological polar surface area (TPSA) is 72.4 Å². The molecular formula is C13H19BrN4O. The minimum atomic E-state index is -0.137. The molecule has 3 N–H and O–H groups in total. The molecule has 0 bridgehead atoms. The number of halogens is 1. The van der Waals surface area contributed by atoms with E-state index in [0.29, 0.717) is 28.4 Å². The minimum Gasteiger partial charge on any atom is -0.384 e. The molecule has 0 fully saturated rings. The van der Waals surface area contributed by atoms with Crippen LogP contribution in [-0.4, -0.2) is 16.8 Å². The van der Waals surface area contributed by atoms with Gasteiger partial charge in [0.15, 0.2) is 0 Å². The van der Waals surface area contributed by atoms with Crippen LogP contribution in [0.4, 0.5) is 5.82 Å². The summed E-state index contributed by atoms with van der Waals surface area (Å²) in [6.07, 6.45) is 0. The zero-order valence-electron chi connectivity index (χ0n) is 11.5. The summed E-state index contributed by atoms with van der Waals surface area (Å²) in [5.41, 5.74) is 7.33. The Balaban J connectivity index is 3.32. The Kier molecular flexibility index (Phi) is 5.35. The molecule has 0 aromatic carbocycles. The smallest absolute Gasteiger partial charge is 0.266 e. The number of anilines is 1. The Morgan fingerprint density at radius 1 is 1.58 bits per heavy atom. The van der Waals surface area contributed by atoms with Gasteiger partial charge in [-0.2, -0.15) is 0 Å². The first-order chi connectivity index (χ1) is 8.92. The fourth-order valence-electron chi connectivity index (χ4n) is 1.76. The maximum absolute atomic E-state index is 11.9. The lowest BCUT2D eigenvalue weighted by molar-refractivity contribution is 0.734. The minimum absolute atomic E-state index is 0.137. The van der Waals surface area contributed by atoms with Gasteiger partial charge in [0.25, 0.3) is 5.56 Å². The number of nitrogen functional groups attached to an aromatic ring is 1. The third-order valence-electron chi connectivity index (χ3n) is 2.68. The van der Waals surface area contributed by atoms with Gasteiger partial charge in [0.05, 0.1) is 10.2 Å². The molecular weight excluding hydrogens is 308 g/mol. The molecule has 0 aliphatic heterocycles. The van der Waals surface area contributed by atoms with Crippen LogP contribution >= 0.6 is 15.9 Å². The van der Waals surface area contributed by atoms with Gasteiger partial charge in [-0.1, -0.05) is 6.58 Å². The molecule has 0 aliphatic carbocycles. The van der Waals surface area contributed by atoms with Gasteiger partial charge in [0, 0.05) is 18.7 Å². The van der Waals surface area contributed by atoms with Crippen LogP contribution in [0.15, 0.2) is 32.7 Å². The largest absolute Gasteiger partial charge is 0.384 e. The van der Waals surface area contributed by atoms with Crippen LogP contribution in [0.25, 0.3) is 0 Å². The SMILES string of the molecule is C=C(/N=C(/C)c1cc(Br)c(=O)n(CC)c1N)NCC. The van der Waals surface area contributed by atoms with Crippen LogP contribution in [0.2, 0.25) is 0 Å². The third kappa shape index (κ3) is 3.47. The number of nitrogens with zero attached hydrogens (tertiary/aromatic N) is 2. The summed E-state index contributed by atoms with van der Waals surface area (Å²) in [5.74, 6) is 0.992. The molecule has 104 valence electrons. The number of hydrogen-bond acceptors (Lipinski definition) is 4. The summed E-state index contributed by atoms with van der Waals surface area (Å²) in [4.78, 5) is 16.2. The fraction of sp³-hybridized carbons (Fsp3) is 0.385. The Hall–Kier alpha value is -1.56. The molecule has 1 rings (SSSR count). The number of nitrogens with two attached hydrogens (primary N) is 1. The van der Waals surface area contributed by atoms with E-state index in [-0.39, 0.29) is 5.56 Å². The first-order valence-electron chi connectivity index (χ1n) is 6.09. The van der Waals surface area contributed by atoms with Crippen molar-refractivity contribution in [1.29, 1.82) is 0 Å². The third-order valence-corrected chi connectivity index (χ3v) is 3.24. The van der Waals surface area contributed by atoms with E-state index in [0.717, 1.165) is 12.1 Å². The van der Waals surface area contributed by atoms with Gasteiger partial charge in [-0.25, -0.2) is 4.99 Å². The van der Waals surface area contributed by atoms with Gasteiger partial charge < -0.3 is 11.1 Å². The molecule has 0 amide bonds. The van der Waals surface area contributed by atoms with Crippen LogP contribution in [0.5, 0.6) is 0 Å². The molecule has 0 atom stereocenters. The van der Waals surface area contributed by atoms with Crippen molar-refractivity contribution in [2.75, 3.05) is 12.3 Å². The molecule has 0 saturated heterocycles. The maximum Gasteiger partial charge on any atom is 0.266 e. The lowest BCUT2D eigenvalue weighted by atomic mass is 10.1. The van der Waals surface area contributed by atoms with Crippen molar-refractivity contribution in [3.63, 3.8) is 0 Å². The average molecular weight is 327 g/mol. The van der Waals surface area contributed by atoms with E-state index in [2.05, 4.69) is 32.8 Å². The second-order valence-corrected chi connectivity index (χ2v) is 4.87. The van der Waals surface area contributed by atoms with Gasteiger partial charge in [-0.05, 0) is 42.8 Å². The van der Waals surface area contributed by atoms with Gasteiger partial charge in [-0.15, -0.1) is 0 Å². The van der Waals surface area contributed by atoms with Crippen LogP contribution in [-0.2, 0) is 6.54 Å². The van der Waals surface area contributed by atoms with Gasteiger partial charge in [0.2, 0.25) is 0 Å². The van der Waals surface area contributed by atoms with Gasteiger partial charge in [0.1, 0.15) is 11.6 Å². The Labute approximate surface area is 121 Å². The number of aliphatic imine (C=N–C) groups is 1. The van der Waals surface area contributed by atoms with Gasteiger partial charge >= 0.3 is 0 Å². The van der Waals surface area contributed by atoms with E-state index in [1.807, 2.05) is 20.8 Å². The summed E-state index contributed by atoms with van der Waals surface area (Å²) in [7, 11) is 0. The van der Waals surface area contributed by atoms with E-state index >= 15 is 0 Å². The summed E-state index contributed by atoms with van der Waals surface area (Å²) in [6, 6.07) is 1.70. The second-order valence-electron chi connectivity index (χ2n) is 4.01. The number of aromatic nitrogens is 1. The van der Waals surface area contributed by atoms with Crippen LogP contribution in [0.3, 0.4) is 0 Å². The van der Waals surface area contributed by atoms with E-state index in [4.69, 9.17) is 5.73 Å². The second kappa shape index (κ2) is 6.56. The molecule has 1 heterocycles. The van der Waals surface area contributed by atoms with Crippen molar-refractivity contribution in [1.82, 2.24) is 9.88 Å². The highest BCUT2D eigenvalue weighted by Gasteiger charge is 2.12. The van der Waals surface area contributed by atoms with E-state index in [1.54, 1.807) is 6.07 Å². The van der Waals surface area contributed by atoms with Crippen molar-refractivity contribution in [3.05, 3.63) is 38.9 Å². The highest BCUT2D eigenvalue weighted by Crippen LogP contribution is 2.16. The predicted molar refractivity (Wildman–Crippen MR) is 83.5 cm³/mol. The van der Waals surface area contributed by atoms with Crippen molar-refractivity contribution in [2.45, 2.75) is 27.3 Å². The molecule has 1 aromatic rings. The van der Waals surface area contributed by atoms with Crippen molar-refractivity contribution >= 4 is 27.5 Å². The van der Waals surface area contributed by atoms with Crippen LogP contribution in [0, 0.1) is 0 Å². The molecule has 0 saturated carbocycles. The molecule has 0 spiro atoms. The summed E-state index contributed by atoms with van der Waals surface area (Å²) >= 11 is 3.26. The average Bonchev–Trinajstić information content (AvgIpc) is 2.34. The number of nitrogens with one attached hydrogen (secondary N) is 1. The maximum atomic E-state index is 11.9. The monoisotopic (exact) mass is 326 g/mol. The zero-order chi connectivity index (χ0) is 14.6. The van der Waals surface area contributed by atoms with E-state index in [9.17, 15) is 4.79 Å². The lowest BCUT2D eigenvalue weighted by Gasteiger charge is -2.13.